The highest BCUT2D eigenvalue weighted by Gasteiger charge is 2.12. The molecule has 7 nitrogen and oxygen atoms in total. The average molecular weight is 259 g/mol. The molecule has 3 N–H and O–H groups in total. The van der Waals surface area contributed by atoms with Crippen LogP contribution in [-0.4, -0.2) is 30.5 Å². The number of pyridine rings is 1. The van der Waals surface area contributed by atoms with Gasteiger partial charge in [0.25, 0.3) is 10.2 Å². The highest BCUT2D eigenvalue weighted by molar-refractivity contribution is 7.90. The van der Waals surface area contributed by atoms with Gasteiger partial charge in [-0.25, -0.2) is 9.78 Å². The fourth-order valence-electron chi connectivity index (χ4n) is 1.08. The Kier molecular flexibility index (Phi) is 4.02. The average Bonchev–Trinajstić information content (AvgIpc) is 2.15. The number of hydrogen-bond acceptors (Lipinski definition) is 4. The van der Waals surface area contributed by atoms with E-state index in [2.05, 4.69) is 14.4 Å². The second kappa shape index (κ2) is 5.11. The molecular weight excluding hydrogens is 246 g/mol. The zero-order valence-electron chi connectivity index (χ0n) is 9.34. The zero-order valence-corrected chi connectivity index (χ0v) is 10.2. The fourth-order valence-corrected chi connectivity index (χ4v) is 2.19. The van der Waals surface area contributed by atoms with Crippen LogP contribution in [0, 0.1) is 0 Å². The minimum atomic E-state index is -3.65. The molecule has 94 valence electrons. The van der Waals surface area contributed by atoms with Crippen LogP contribution >= 0.6 is 0 Å². The summed E-state index contributed by atoms with van der Waals surface area (Å²) in [7, 11) is -3.65. The van der Waals surface area contributed by atoms with Crippen molar-refractivity contribution in [3.05, 3.63) is 24.0 Å². The van der Waals surface area contributed by atoms with Crippen molar-refractivity contribution in [2.45, 2.75) is 19.9 Å². The van der Waals surface area contributed by atoms with Crippen molar-refractivity contribution < 1.29 is 18.3 Å². The number of nitrogens with zero attached hydrogens (tertiary/aromatic N) is 1. The Bertz CT molecular complexity index is 495. The molecule has 0 spiro atoms. The molecule has 0 bridgehead atoms. The molecule has 0 aliphatic rings. The predicted molar refractivity (Wildman–Crippen MR) is 62.0 cm³/mol. The summed E-state index contributed by atoms with van der Waals surface area (Å²) in [5.41, 5.74) is 0.0490. The molecule has 0 unspecified atom stereocenters. The van der Waals surface area contributed by atoms with Gasteiger partial charge in [0.15, 0.2) is 0 Å². The van der Waals surface area contributed by atoms with E-state index >= 15 is 0 Å². The first kappa shape index (κ1) is 13.4. The molecule has 1 aromatic rings. The smallest absolute Gasteiger partial charge is 0.354 e. The molecule has 0 aliphatic heterocycles. The van der Waals surface area contributed by atoms with Crippen LogP contribution in [0.2, 0.25) is 0 Å². The van der Waals surface area contributed by atoms with Crippen LogP contribution in [-0.2, 0) is 10.2 Å². The van der Waals surface area contributed by atoms with Crippen molar-refractivity contribution in [2.75, 3.05) is 4.72 Å². The van der Waals surface area contributed by atoms with E-state index < -0.39 is 16.2 Å². The van der Waals surface area contributed by atoms with Gasteiger partial charge in [-0.3, -0.25) is 4.72 Å². The lowest BCUT2D eigenvalue weighted by Gasteiger charge is -2.11. The molecule has 0 saturated carbocycles. The zero-order chi connectivity index (χ0) is 13.1. The number of carbonyl (C=O) groups is 1. The minimum absolute atomic E-state index is 0.148. The van der Waals surface area contributed by atoms with Gasteiger partial charge in [0, 0.05) is 6.04 Å². The van der Waals surface area contributed by atoms with Crippen LogP contribution in [0.1, 0.15) is 24.3 Å². The summed E-state index contributed by atoms with van der Waals surface area (Å²) in [5.74, 6) is -1.17. The summed E-state index contributed by atoms with van der Waals surface area (Å²) in [4.78, 5) is 14.1. The number of aromatic nitrogens is 1. The molecule has 0 saturated heterocycles. The second-order valence-corrected chi connectivity index (χ2v) is 5.06. The van der Waals surface area contributed by atoms with E-state index in [0.717, 1.165) is 6.20 Å². The molecule has 17 heavy (non-hydrogen) atoms. The third-order valence-corrected chi connectivity index (χ3v) is 2.91. The Hall–Kier alpha value is -1.67. The Labute approximate surface area is 99.1 Å². The highest BCUT2D eigenvalue weighted by atomic mass is 32.2. The highest BCUT2D eigenvalue weighted by Crippen LogP contribution is 2.07. The number of nitrogens with one attached hydrogen (secondary N) is 2. The molecule has 1 heterocycles. The summed E-state index contributed by atoms with van der Waals surface area (Å²) in [6.45, 7) is 3.37. The molecule has 1 rings (SSSR count). The van der Waals surface area contributed by atoms with E-state index in [1.165, 1.54) is 12.1 Å². The first-order chi connectivity index (χ1) is 7.80. The Balaban J connectivity index is 2.79. The molecule has 0 amide bonds. The van der Waals surface area contributed by atoms with Gasteiger partial charge >= 0.3 is 5.97 Å². The molecule has 0 atom stereocenters. The Morgan fingerprint density at radius 3 is 2.47 bits per heavy atom. The van der Waals surface area contributed by atoms with Crippen LogP contribution in [0.4, 0.5) is 5.69 Å². The molecule has 1 aromatic heterocycles. The first-order valence-electron chi connectivity index (χ1n) is 4.79. The Morgan fingerprint density at radius 2 is 2.06 bits per heavy atom. The van der Waals surface area contributed by atoms with E-state index in [1.54, 1.807) is 13.8 Å². The van der Waals surface area contributed by atoms with Crippen LogP contribution in [0.15, 0.2) is 18.3 Å². The monoisotopic (exact) mass is 259 g/mol. The topological polar surface area (TPSA) is 108 Å². The molecule has 0 aromatic carbocycles. The van der Waals surface area contributed by atoms with Crippen molar-refractivity contribution in [3.63, 3.8) is 0 Å². The Morgan fingerprint density at radius 1 is 1.41 bits per heavy atom. The lowest BCUT2D eigenvalue weighted by molar-refractivity contribution is 0.0690. The van der Waals surface area contributed by atoms with Crippen molar-refractivity contribution in [1.82, 2.24) is 9.71 Å². The number of hydrogen-bond donors (Lipinski definition) is 3. The maximum Gasteiger partial charge on any atom is 0.354 e. The van der Waals surface area contributed by atoms with Gasteiger partial charge < -0.3 is 5.11 Å². The van der Waals surface area contributed by atoms with E-state index in [0.29, 0.717) is 0 Å². The van der Waals surface area contributed by atoms with Gasteiger partial charge in [0.1, 0.15) is 5.69 Å². The third kappa shape index (κ3) is 4.37. The normalized spacial score (nSPS) is 11.5. The SMILES string of the molecule is CC(C)NS(=O)(=O)Nc1ccc(C(=O)O)nc1. The third-order valence-electron chi connectivity index (χ3n) is 1.63. The predicted octanol–water partition coefficient (Wildman–Crippen LogP) is 0.434. The van der Waals surface area contributed by atoms with Crippen molar-refractivity contribution in [1.29, 1.82) is 0 Å². The van der Waals surface area contributed by atoms with Crippen LogP contribution in [0.5, 0.6) is 0 Å². The van der Waals surface area contributed by atoms with Gasteiger partial charge in [-0.05, 0) is 26.0 Å². The van der Waals surface area contributed by atoms with Crippen molar-refractivity contribution >= 4 is 21.9 Å². The standard InChI is InChI=1S/C9H13N3O4S/c1-6(2)11-17(15,16)12-7-3-4-8(9(13)14)10-5-7/h3-6,11-12H,1-2H3,(H,13,14). The lowest BCUT2D eigenvalue weighted by atomic mass is 10.3. The van der Waals surface area contributed by atoms with Crippen LogP contribution in [0.3, 0.4) is 0 Å². The van der Waals surface area contributed by atoms with Gasteiger partial charge in [-0.2, -0.15) is 13.1 Å². The van der Waals surface area contributed by atoms with Gasteiger partial charge in [-0.1, -0.05) is 0 Å². The second-order valence-electron chi connectivity index (χ2n) is 3.62. The van der Waals surface area contributed by atoms with Crippen molar-refractivity contribution in [2.24, 2.45) is 0 Å². The molecule has 0 aliphatic carbocycles. The van der Waals surface area contributed by atoms with Gasteiger partial charge in [-0.15, -0.1) is 0 Å². The fraction of sp³-hybridized carbons (Fsp3) is 0.333. The summed E-state index contributed by atoms with van der Waals surface area (Å²) >= 11 is 0. The van der Waals surface area contributed by atoms with E-state index in [1.807, 2.05) is 0 Å². The van der Waals surface area contributed by atoms with E-state index in [9.17, 15) is 13.2 Å². The van der Waals surface area contributed by atoms with Gasteiger partial charge in [0.05, 0.1) is 11.9 Å². The van der Waals surface area contributed by atoms with Crippen LogP contribution in [0.25, 0.3) is 0 Å². The number of aromatic carboxylic acids is 1. The number of carboxylic acids is 1. The maximum atomic E-state index is 11.5. The maximum absolute atomic E-state index is 11.5. The summed E-state index contributed by atoms with van der Waals surface area (Å²) in [6.07, 6.45) is 1.14. The van der Waals surface area contributed by atoms with Crippen molar-refractivity contribution in [3.8, 4) is 0 Å². The molecular formula is C9H13N3O4S. The van der Waals surface area contributed by atoms with E-state index in [-0.39, 0.29) is 17.4 Å². The van der Waals surface area contributed by atoms with Gasteiger partial charge in [0.2, 0.25) is 0 Å². The number of anilines is 1. The van der Waals surface area contributed by atoms with E-state index in [4.69, 9.17) is 5.11 Å². The summed E-state index contributed by atoms with van der Waals surface area (Å²) in [6, 6.07) is 2.31. The van der Waals surface area contributed by atoms with Crippen LogP contribution < -0.4 is 9.44 Å². The first-order valence-corrected chi connectivity index (χ1v) is 6.28. The quantitative estimate of drug-likeness (QED) is 0.710. The summed E-state index contributed by atoms with van der Waals surface area (Å²) in [5, 5.41) is 8.61. The number of carboxylic acid groups (broad SMARTS) is 1. The lowest BCUT2D eigenvalue weighted by Crippen LogP contribution is -2.35. The molecule has 8 heteroatoms. The molecule has 0 fully saturated rings. The number of rotatable bonds is 5. The molecule has 0 radical (unpaired) electrons. The summed E-state index contributed by atoms with van der Waals surface area (Å²) < 4.78 is 27.5. The largest absolute Gasteiger partial charge is 0.477 e. The minimum Gasteiger partial charge on any atom is -0.477 e.